The zero-order valence-corrected chi connectivity index (χ0v) is 10.6. The lowest BCUT2D eigenvalue weighted by Crippen LogP contribution is -2.09. The van der Waals surface area contributed by atoms with Gasteiger partial charge in [-0.15, -0.1) is 11.8 Å². The highest BCUT2D eigenvalue weighted by Gasteiger charge is 2.07. The molecule has 0 spiro atoms. The molecule has 1 aromatic carbocycles. The summed E-state index contributed by atoms with van der Waals surface area (Å²) in [4.78, 5) is 11.4. The number of carbonyl (C=O) groups is 1. The van der Waals surface area contributed by atoms with Crippen LogP contribution in [0.1, 0.15) is 19.4 Å². The summed E-state index contributed by atoms with van der Waals surface area (Å²) in [7, 11) is 0. The predicted molar refractivity (Wildman–Crippen MR) is 67.5 cm³/mol. The first-order valence-electron chi connectivity index (χ1n) is 4.95. The monoisotopic (exact) mass is 242 g/mol. The zero-order valence-electron chi connectivity index (χ0n) is 9.00. The minimum absolute atomic E-state index is 0.128. The van der Waals surface area contributed by atoms with E-state index < -0.39 is 0 Å². The molecule has 0 aliphatic heterocycles. The van der Waals surface area contributed by atoms with E-state index in [1.54, 1.807) is 11.8 Å². The molecule has 0 heterocycles. The minimum atomic E-state index is 0.128. The van der Waals surface area contributed by atoms with Crippen molar-refractivity contribution >= 4 is 29.1 Å². The van der Waals surface area contributed by atoms with Gasteiger partial charge in [-0.1, -0.05) is 43.6 Å². The van der Waals surface area contributed by atoms with Crippen molar-refractivity contribution in [3.05, 3.63) is 34.9 Å². The molecule has 82 valence electrons. The van der Waals surface area contributed by atoms with E-state index >= 15 is 0 Å². The van der Waals surface area contributed by atoms with Crippen molar-refractivity contribution in [1.82, 2.24) is 0 Å². The van der Waals surface area contributed by atoms with Crippen LogP contribution in [0.15, 0.2) is 24.3 Å². The molecule has 3 heteroatoms. The first-order chi connectivity index (χ1) is 7.11. The van der Waals surface area contributed by atoms with Crippen LogP contribution in [-0.4, -0.2) is 11.5 Å². The fraction of sp³-hybridized carbons (Fsp3) is 0.417. The molecule has 1 aromatic rings. The van der Waals surface area contributed by atoms with Crippen LogP contribution in [0.5, 0.6) is 0 Å². The Balaban J connectivity index is 2.38. The number of ketones is 1. The van der Waals surface area contributed by atoms with E-state index in [0.29, 0.717) is 11.5 Å². The standard InChI is InChI=1S/C12H15ClOS/c1-9(2)12(14)8-15-7-10-5-3-4-6-11(10)13/h3-6,9H,7-8H2,1-2H3. The Morgan fingerprint density at radius 1 is 1.40 bits per heavy atom. The van der Waals surface area contributed by atoms with E-state index in [-0.39, 0.29) is 5.92 Å². The molecule has 0 saturated heterocycles. The van der Waals surface area contributed by atoms with Gasteiger partial charge in [-0.05, 0) is 11.6 Å². The summed E-state index contributed by atoms with van der Waals surface area (Å²) in [6.45, 7) is 3.86. The summed E-state index contributed by atoms with van der Waals surface area (Å²) in [5, 5.41) is 0.780. The van der Waals surface area contributed by atoms with Crippen LogP contribution in [-0.2, 0) is 10.5 Å². The fourth-order valence-corrected chi connectivity index (χ4v) is 2.43. The van der Waals surface area contributed by atoms with E-state index in [0.717, 1.165) is 16.3 Å². The minimum Gasteiger partial charge on any atom is -0.298 e. The van der Waals surface area contributed by atoms with Gasteiger partial charge in [0.2, 0.25) is 0 Å². The molecule has 0 aliphatic carbocycles. The van der Waals surface area contributed by atoms with E-state index in [1.807, 2.05) is 38.1 Å². The zero-order chi connectivity index (χ0) is 11.3. The Morgan fingerprint density at radius 3 is 2.67 bits per heavy atom. The summed E-state index contributed by atoms with van der Waals surface area (Å²) in [6.07, 6.45) is 0. The van der Waals surface area contributed by atoms with Crippen molar-refractivity contribution in [2.45, 2.75) is 19.6 Å². The molecule has 0 radical (unpaired) electrons. The Kier molecular flexibility index (Phi) is 5.20. The molecule has 0 saturated carbocycles. The van der Waals surface area contributed by atoms with E-state index in [2.05, 4.69) is 0 Å². The number of hydrogen-bond donors (Lipinski definition) is 0. The van der Waals surface area contributed by atoms with E-state index in [4.69, 9.17) is 11.6 Å². The Bertz CT molecular complexity index is 336. The second-order valence-electron chi connectivity index (χ2n) is 3.71. The number of Topliss-reactive ketones (excluding diaryl/α,β-unsaturated/α-hetero) is 1. The van der Waals surface area contributed by atoms with Crippen molar-refractivity contribution in [3.63, 3.8) is 0 Å². The van der Waals surface area contributed by atoms with Gasteiger partial charge in [0.1, 0.15) is 5.78 Å². The molecular formula is C12H15ClOS. The summed E-state index contributed by atoms with van der Waals surface area (Å²) in [5.74, 6) is 1.80. The number of carbonyl (C=O) groups excluding carboxylic acids is 1. The number of hydrogen-bond acceptors (Lipinski definition) is 2. The molecule has 0 fully saturated rings. The number of rotatable bonds is 5. The van der Waals surface area contributed by atoms with Crippen molar-refractivity contribution in [3.8, 4) is 0 Å². The second-order valence-corrected chi connectivity index (χ2v) is 5.10. The Hall–Kier alpha value is -0.470. The number of halogens is 1. The maximum Gasteiger partial charge on any atom is 0.145 e. The van der Waals surface area contributed by atoms with Crippen molar-refractivity contribution in [1.29, 1.82) is 0 Å². The van der Waals surface area contributed by atoms with Crippen LogP contribution in [0.25, 0.3) is 0 Å². The van der Waals surface area contributed by atoms with Crippen molar-refractivity contribution in [2.75, 3.05) is 5.75 Å². The van der Waals surface area contributed by atoms with Gasteiger partial charge >= 0.3 is 0 Å². The smallest absolute Gasteiger partial charge is 0.145 e. The maximum absolute atomic E-state index is 11.4. The lowest BCUT2D eigenvalue weighted by Gasteiger charge is -2.05. The van der Waals surface area contributed by atoms with Gasteiger partial charge in [-0.3, -0.25) is 4.79 Å². The van der Waals surface area contributed by atoms with Gasteiger partial charge in [-0.25, -0.2) is 0 Å². The highest BCUT2D eigenvalue weighted by atomic mass is 35.5. The summed E-state index contributed by atoms with van der Waals surface area (Å²) >= 11 is 7.63. The SMILES string of the molecule is CC(C)C(=O)CSCc1ccccc1Cl. The first kappa shape index (κ1) is 12.6. The van der Waals surface area contributed by atoms with E-state index in [9.17, 15) is 4.79 Å². The van der Waals surface area contributed by atoms with Crippen molar-refractivity contribution in [2.24, 2.45) is 5.92 Å². The topological polar surface area (TPSA) is 17.1 Å². The van der Waals surface area contributed by atoms with Crippen LogP contribution in [0, 0.1) is 5.92 Å². The molecule has 0 N–H and O–H groups in total. The molecule has 0 amide bonds. The van der Waals surface area contributed by atoms with Crippen LogP contribution in [0.3, 0.4) is 0 Å². The van der Waals surface area contributed by atoms with Gasteiger partial charge in [0, 0.05) is 16.7 Å². The average molecular weight is 243 g/mol. The predicted octanol–water partition coefficient (Wildman–Crippen LogP) is 3.80. The third-order valence-electron chi connectivity index (χ3n) is 2.10. The average Bonchev–Trinajstić information content (AvgIpc) is 2.20. The Labute approximate surface area is 100 Å². The summed E-state index contributed by atoms with van der Waals surface area (Å²) < 4.78 is 0. The van der Waals surface area contributed by atoms with Crippen molar-refractivity contribution < 1.29 is 4.79 Å². The van der Waals surface area contributed by atoms with Crippen LogP contribution in [0.4, 0.5) is 0 Å². The molecule has 0 aromatic heterocycles. The first-order valence-corrected chi connectivity index (χ1v) is 6.48. The van der Waals surface area contributed by atoms with Gasteiger partial charge in [0.25, 0.3) is 0 Å². The normalized spacial score (nSPS) is 10.7. The summed E-state index contributed by atoms with van der Waals surface area (Å²) in [5.41, 5.74) is 1.10. The van der Waals surface area contributed by atoms with Crippen LogP contribution < -0.4 is 0 Å². The summed E-state index contributed by atoms with van der Waals surface area (Å²) in [6, 6.07) is 7.75. The fourth-order valence-electron chi connectivity index (χ4n) is 1.04. The molecule has 0 bridgehead atoms. The number of thioether (sulfide) groups is 1. The van der Waals surface area contributed by atoms with Gasteiger partial charge < -0.3 is 0 Å². The third-order valence-corrected chi connectivity index (χ3v) is 3.48. The molecule has 0 aliphatic rings. The maximum atomic E-state index is 11.4. The highest BCUT2D eigenvalue weighted by molar-refractivity contribution is 7.99. The Morgan fingerprint density at radius 2 is 2.07 bits per heavy atom. The molecule has 1 nitrogen and oxygen atoms in total. The lowest BCUT2D eigenvalue weighted by atomic mass is 10.1. The van der Waals surface area contributed by atoms with Gasteiger partial charge in [0.15, 0.2) is 0 Å². The quantitative estimate of drug-likeness (QED) is 0.781. The van der Waals surface area contributed by atoms with Gasteiger partial charge in [0.05, 0.1) is 5.75 Å². The molecule has 1 rings (SSSR count). The molecule has 0 atom stereocenters. The highest BCUT2D eigenvalue weighted by Crippen LogP contribution is 2.21. The molecular weight excluding hydrogens is 228 g/mol. The molecule has 15 heavy (non-hydrogen) atoms. The third kappa shape index (κ3) is 4.27. The van der Waals surface area contributed by atoms with Gasteiger partial charge in [-0.2, -0.15) is 0 Å². The largest absolute Gasteiger partial charge is 0.298 e. The van der Waals surface area contributed by atoms with E-state index in [1.165, 1.54) is 0 Å². The van der Waals surface area contributed by atoms with Crippen LogP contribution >= 0.6 is 23.4 Å². The van der Waals surface area contributed by atoms with Crippen LogP contribution in [0.2, 0.25) is 5.02 Å². The second kappa shape index (κ2) is 6.19. The number of benzene rings is 1. The lowest BCUT2D eigenvalue weighted by molar-refractivity contribution is -0.119. The molecule has 0 unspecified atom stereocenters.